The zero-order valence-corrected chi connectivity index (χ0v) is 18.2. The molecule has 162 valence electrons. The largest absolute Gasteiger partial charge is 0.489 e. The Balaban J connectivity index is 1.25. The van der Waals surface area contributed by atoms with E-state index in [1.54, 1.807) is 24.3 Å². The summed E-state index contributed by atoms with van der Waals surface area (Å²) in [5.74, 6) is 1.36. The van der Waals surface area contributed by atoms with Crippen molar-refractivity contribution in [2.24, 2.45) is 0 Å². The molecule has 1 aliphatic rings. The fourth-order valence-corrected chi connectivity index (χ4v) is 3.81. The minimum absolute atomic E-state index is 0.0987. The van der Waals surface area contributed by atoms with Crippen molar-refractivity contribution in [1.29, 1.82) is 0 Å². The highest BCUT2D eigenvalue weighted by atomic mass is 16.5. The summed E-state index contributed by atoms with van der Waals surface area (Å²) in [7, 11) is 0. The Bertz CT molecular complexity index is 984. The van der Waals surface area contributed by atoms with E-state index in [2.05, 4.69) is 39.6 Å². The third-order valence-electron chi connectivity index (χ3n) is 5.76. The lowest BCUT2D eigenvalue weighted by atomic mass is 10.1. The molecule has 2 aromatic carbocycles. The number of likely N-dealkylation sites (tertiary alicyclic amines) is 1. The number of nitrogens with one attached hydrogen (secondary N) is 1. The van der Waals surface area contributed by atoms with E-state index < -0.39 is 0 Å². The summed E-state index contributed by atoms with van der Waals surface area (Å²) < 4.78 is 10.9. The third-order valence-corrected chi connectivity index (χ3v) is 5.76. The molecule has 3 aromatic rings. The van der Waals surface area contributed by atoms with E-state index in [0.29, 0.717) is 24.5 Å². The smallest absolute Gasteiger partial charge is 0.251 e. The molecule has 1 aliphatic heterocycles. The van der Waals surface area contributed by atoms with Crippen LogP contribution in [0.2, 0.25) is 0 Å². The fraction of sp³-hybridized carbons (Fsp3) is 0.360. The number of nitrogens with zero attached hydrogens (tertiary/aromatic N) is 2. The number of ether oxygens (including phenoxy) is 1. The molecular weight excluding hydrogens is 390 g/mol. The minimum atomic E-state index is -0.0987. The van der Waals surface area contributed by atoms with Gasteiger partial charge in [-0.25, -0.2) is 0 Å². The second-order valence-corrected chi connectivity index (χ2v) is 8.10. The van der Waals surface area contributed by atoms with E-state index in [1.165, 1.54) is 31.5 Å². The van der Waals surface area contributed by atoms with Crippen LogP contribution in [0.3, 0.4) is 0 Å². The van der Waals surface area contributed by atoms with E-state index >= 15 is 0 Å². The number of benzene rings is 2. The highest BCUT2D eigenvalue weighted by Crippen LogP contribution is 2.18. The summed E-state index contributed by atoms with van der Waals surface area (Å²) in [6.07, 6.45) is 2.61. The van der Waals surface area contributed by atoms with Crippen LogP contribution >= 0.6 is 0 Å². The lowest BCUT2D eigenvalue weighted by Crippen LogP contribution is -2.22. The summed E-state index contributed by atoms with van der Waals surface area (Å²) in [6, 6.07) is 15.7. The number of hydrogen-bond acceptors (Lipinski definition) is 5. The van der Waals surface area contributed by atoms with Gasteiger partial charge < -0.3 is 14.6 Å². The highest BCUT2D eigenvalue weighted by Gasteiger charge is 2.12. The molecule has 1 fully saturated rings. The second kappa shape index (κ2) is 9.79. The van der Waals surface area contributed by atoms with Gasteiger partial charge in [-0.3, -0.25) is 9.69 Å². The molecule has 6 nitrogen and oxygen atoms in total. The Kier molecular flexibility index (Phi) is 6.67. The Labute approximate surface area is 183 Å². The SMILES string of the molecule is Cc1noc(C)c1COc1ccc(C(=O)NCc2ccc(CN3CCCC3)cc2)cc1. The maximum Gasteiger partial charge on any atom is 0.251 e. The van der Waals surface area contributed by atoms with Crippen LogP contribution in [0, 0.1) is 13.8 Å². The Hall–Kier alpha value is -3.12. The van der Waals surface area contributed by atoms with Gasteiger partial charge in [0.15, 0.2) is 0 Å². The van der Waals surface area contributed by atoms with Crippen LogP contribution in [0.4, 0.5) is 0 Å². The van der Waals surface area contributed by atoms with Crippen LogP contribution in [-0.4, -0.2) is 29.1 Å². The number of rotatable bonds is 8. The van der Waals surface area contributed by atoms with Crippen molar-refractivity contribution >= 4 is 5.91 Å². The predicted molar refractivity (Wildman–Crippen MR) is 119 cm³/mol. The van der Waals surface area contributed by atoms with E-state index in [-0.39, 0.29) is 5.91 Å². The summed E-state index contributed by atoms with van der Waals surface area (Å²) in [5.41, 5.74) is 4.81. The molecule has 0 radical (unpaired) electrons. The number of amides is 1. The summed E-state index contributed by atoms with van der Waals surface area (Å²) >= 11 is 0. The first-order valence-electron chi connectivity index (χ1n) is 10.8. The summed E-state index contributed by atoms with van der Waals surface area (Å²) in [4.78, 5) is 15.0. The number of carbonyl (C=O) groups is 1. The number of carbonyl (C=O) groups excluding carboxylic acids is 1. The average molecular weight is 420 g/mol. The van der Waals surface area contributed by atoms with E-state index in [1.807, 2.05) is 13.8 Å². The number of aryl methyl sites for hydroxylation is 2. The lowest BCUT2D eigenvalue weighted by Gasteiger charge is -2.14. The van der Waals surface area contributed by atoms with Crippen LogP contribution in [0.1, 0.15) is 51.3 Å². The Morgan fingerprint density at radius 1 is 1.03 bits per heavy atom. The molecule has 0 unspecified atom stereocenters. The van der Waals surface area contributed by atoms with Crippen LogP contribution in [0.15, 0.2) is 53.1 Å². The van der Waals surface area contributed by atoms with Crippen molar-refractivity contribution < 1.29 is 14.1 Å². The lowest BCUT2D eigenvalue weighted by molar-refractivity contribution is 0.0951. The van der Waals surface area contributed by atoms with Crippen molar-refractivity contribution in [3.63, 3.8) is 0 Å². The molecule has 0 bridgehead atoms. The first-order valence-corrected chi connectivity index (χ1v) is 10.8. The van der Waals surface area contributed by atoms with E-state index in [9.17, 15) is 4.79 Å². The minimum Gasteiger partial charge on any atom is -0.489 e. The zero-order valence-electron chi connectivity index (χ0n) is 18.2. The predicted octanol–water partition coefficient (Wildman–Crippen LogP) is 4.40. The molecule has 1 N–H and O–H groups in total. The summed E-state index contributed by atoms with van der Waals surface area (Å²) in [6.45, 7) is 8.06. The molecular formula is C25H29N3O3. The van der Waals surface area contributed by atoms with Crippen molar-refractivity contribution in [1.82, 2.24) is 15.4 Å². The van der Waals surface area contributed by atoms with Gasteiger partial charge in [0.2, 0.25) is 0 Å². The molecule has 0 atom stereocenters. The number of hydrogen-bond donors (Lipinski definition) is 1. The van der Waals surface area contributed by atoms with Gasteiger partial charge in [-0.1, -0.05) is 29.4 Å². The number of aromatic nitrogens is 1. The van der Waals surface area contributed by atoms with E-state index in [0.717, 1.165) is 29.1 Å². The van der Waals surface area contributed by atoms with Crippen molar-refractivity contribution in [2.45, 2.75) is 46.4 Å². The maximum atomic E-state index is 12.5. The standard InChI is InChI=1S/C25H29N3O3/c1-18-24(19(2)31-27-18)17-30-23-11-9-22(10-12-23)25(29)26-15-20-5-7-21(8-6-20)16-28-13-3-4-14-28/h5-12H,3-4,13-17H2,1-2H3,(H,26,29). The van der Waals surface area contributed by atoms with Gasteiger partial charge in [-0.05, 0) is 75.2 Å². The molecule has 1 amide bonds. The third kappa shape index (κ3) is 5.52. The van der Waals surface area contributed by atoms with Crippen molar-refractivity contribution in [3.05, 3.63) is 82.2 Å². The van der Waals surface area contributed by atoms with Crippen LogP contribution < -0.4 is 10.1 Å². The zero-order chi connectivity index (χ0) is 21.6. The molecule has 0 aliphatic carbocycles. The molecule has 2 heterocycles. The molecule has 6 heteroatoms. The highest BCUT2D eigenvalue weighted by molar-refractivity contribution is 5.94. The molecule has 1 saturated heterocycles. The van der Waals surface area contributed by atoms with Gasteiger partial charge in [0.25, 0.3) is 5.91 Å². The van der Waals surface area contributed by atoms with Crippen molar-refractivity contribution in [3.8, 4) is 5.75 Å². The van der Waals surface area contributed by atoms with Crippen LogP contribution in [-0.2, 0) is 19.7 Å². The topological polar surface area (TPSA) is 67.6 Å². The normalized spacial score (nSPS) is 14.0. The monoisotopic (exact) mass is 419 g/mol. The quantitative estimate of drug-likeness (QED) is 0.586. The first-order chi connectivity index (χ1) is 15.1. The molecule has 1 aromatic heterocycles. The Morgan fingerprint density at radius 2 is 1.71 bits per heavy atom. The van der Waals surface area contributed by atoms with Gasteiger partial charge in [0.1, 0.15) is 18.1 Å². The fourth-order valence-electron chi connectivity index (χ4n) is 3.81. The van der Waals surface area contributed by atoms with Gasteiger partial charge in [-0.15, -0.1) is 0 Å². The Morgan fingerprint density at radius 3 is 2.35 bits per heavy atom. The first kappa shape index (κ1) is 21.1. The van der Waals surface area contributed by atoms with Gasteiger partial charge in [0.05, 0.1) is 11.3 Å². The van der Waals surface area contributed by atoms with Gasteiger partial charge in [0, 0.05) is 18.7 Å². The maximum absolute atomic E-state index is 12.5. The van der Waals surface area contributed by atoms with E-state index in [4.69, 9.17) is 9.26 Å². The van der Waals surface area contributed by atoms with Gasteiger partial charge >= 0.3 is 0 Å². The van der Waals surface area contributed by atoms with Crippen LogP contribution in [0.25, 0.3) is 0 Å². The van der Waals surface area contributed by atoms with Crippen molar-refractivity contribution in [2.75, 3.05) is 13.1 Å². The van der Waals surface area contributed by atoms with Crippen LogP contribution in [0.5, 0.6) is 5.75 Å². The van der Waals surface area contributed by atoms with Gasteiger partial charge in [-0.2, -0.15) is 0 Å². The molecule has 0 spiro atoms. The molecule has 31 heavy (non-hydrogen) atoms. The molecule has 4 rings (SSSR count). The molecule has 0 saturated carbocycles. The average Bonchev–Trinajstić information content (AvgIpc) is 3.41. The second-order valence-electron chi connectivity index (χ2n) is 8.10. The summed E-state index contributed by atoms with van der Waals surface area (Å²) in [5, 5.41) is 6.91.